The Hall–Kier alpha value is -1.84. The van der Waals surface area contributed by atoms with E-state index in [0.717, 1.165) is 19.0 Å². The molecule has 2 rings (SSSR count). The third-order valence-corrected chi connectivity index (χ3v) is 5.46. The molecule has 0 aliphatic carbocycles. The Kier molecular flexibility index (Phi) is 8.53. The topological polar surface area (TPSA) is 79.5 Å². The van der Waals surface area contributed by atoms with Gasteiger partial charge in [-0.15, -0.1) is 0 Å². The largest absolute Gasteiger partial charge is 0.483 e. The van der Waals surface area contributed by atoms with Crippen LogP contribution in [-0.2, 0) is 9.59 Å². The van der Waals surface area contributed by atoms with Gasteiger partial charge in [0.15, 0.2) is 6.61 Å². The first-order valence-corrected chi connectivity index (χ1v) is 10.5. The standard InChI is InChI=1S/C19H18Br3N3O3/c1-11-7-17(16(22)9-15(11)21)28-10-19(27)25-24-12(2)8-18(26)23-14-5-3-13(20)4-6-14/h3-7,9,24H,2,8,10H2,1H3,(H,23,26)(H,25,27). The lowest BCUT2D eigenvalue weighted by molar-refractivity contribution is -0.124. The summed E-state index contributed by atoms with van der Waals surface area (Å²) in [7, 11) is 0. The normalized spacial score (nSPS) is 10.1. The Balaban J connectivity index is 1.73. The summed E-state index contributed by atoms with van der Waals surface area (Å²) in [5, 5.41) is 2.74. The number of hydrazine groups is 1. The Morgan fingerprint density at radius 3 is 2.36 bits per heavy atom. The molecule has 2 aromatic carbocycles. The van der Waals surface area contributed by atoms with Gasteiger partial charge in [-0.25, -0.2) is 0 Å². The molecule has 6 nitrogen and oxygen atoms in total. The van der Waals surface area contributed by atoms with Gasteiger partial charge in [0.1, 0.15) is 5.75 Å². The summed E-state index contributed by atoms with van der Waals surface area (Å²) >= 11 is 10.1. The van der Waals surface area contributed by atoms with E-state index in [4.69, 9.17) is 4.74 Å². The smallest absolute Gasteiger partial charge is 0.276 e. The van der Waals surface area contributed by atoms with Gasteiger partial charge in [0.25, 0.3) is 5.91 Å². The third kappa shape index (κ3) is 7.29. The summed E-state index contributed by atoms with van der Waals surface area (Å²) in [6.45, 7) is 5.46. The molecule has 9 heteroatoms. The van der Waals surface area contributed by atoms with Gasteiger partial charge in [-0.3, -0.25) is 15.0 Å². The van der Waals surface area contributed by atoms with E-state index in [0.29, 0.717) is 17.1 Å². The fourth-order valence-electron chi connectivity index (χ4n) is 2.06. The number of carbonyl (C=O) groups is 2. The van der Waals surface area contributed by atoms with Crippen LogP contribution >= 0.6 is 47.8 Å². The van der Waals surface area contributed by atoms with E-state index < -0.39 is 5.91 Å². The van der Waals surface area contributed by atoms with E-state index >= 15 is 0 Å². The van der Waals surface area contributed by atoms with Gasteiger partial charge >= 0.3 is 0 Å². The zero-order valence-electron chi connectivity index (χ0n) is 14.9. The monoisotopic (exact) mass is 573 g/mol. The molecule has 0 aliphatic heterocycles. The first kappa shape index (κ1) is 22.4. The zero-order chi connectivity index (χ0) is 20.7. The first-order chi connectivity index (χ1) is 13.2. The molecule has 0 aliphatic rings. The van der Waals surface area contributed by atoms with Crippen molar-refractivity contribution in [1.82, 2.24) is 10.9 Å². The molecule has 0 saturated heterocycles. The van der Waals surface area contributed by atoms with Crippen molar-refractivity contribution in [2.24, 2.45) is 0 Å². The highest BCUT2D eigenvalue weighted by atomic mass is 79.9. The van der Waals surface area contributed by atoms with E-state index in [1.54, 1.807) is 12.1 Å². The average molecular weight is 576 g/mol. The number of ether oxygens (including phenoxy) is 1. The second-order valence-corrected chi connectivity index (χ2v) is 8.45. The molecular weight excluding hydrogens is 558 g/mol. The number of amides is 2. The van der Waals surface area contributed by atoms with Gasteiger partial charge in [0.2, 0.25) is 5.91 Å². The van der Waals surface area contributed by atoms with Crippen LogP contribution in [0, 0.1) is 6.92 Å². The lowest BCUT2D eigenvalue weighted by Gasteiger charge is -2.13. The maximum atomic E-state index is 12.0. The fourth-order valence-corrected chi connectivity index (χ4v) is 3.43. The number of nitrogens with one attached hydrogen (secondary N) is 3. The quantitative estimate of drug-likeness (QED) is 0.394. The van der Waals surface area contributed by atoms with Crippen molar-refractivity contribution in [2.45, 2.75) is 13.3 Å². The van der Waals surface area contributed by atoms with Crippen LogP contribution in [0.4, 0.5) is 5.69 Å². The third-order valence-electron chi connectivity index (χ3n) is 3.45. The molecule has 3 N–H and O–H groups in total. The van der Waals surface area contributed by atoms with E-state index in [1.807, 2.05) is 31.2 Å². The van der Waals surface area contributed by atoms with Crippen molar-refractivity contribution in [1.29, 1.82) is 0 Å². The van der Waals surface area contributed by atoms with Crippen molar-refractivity contribution in [2.75, 3.05) is 11.9 Å². The van der Waals surface area contributed by atoms with Crippen molar-refractivity contribution in [3.05, 3.63) is 67.7 Å². The summed E-state index contributed by atoms with van der Waals surface area (Å²) < 4.78 is 8.10. The number of hydrogen-bond acceptors (Lipinski definition) is 4. The highest BCUT2D eigenvalue weighted by Crippen LogP contribution is 2.31. The van der Waals surface area contributed by atoms with Crippen LogP contribution in [0.2, 0.25) is 0 Å². The van der Waals surface area contributed by atoms with Gasteiger partial charge in [-0.05, 0) is 64.8 Å². The number of benzene rings is 2. The number of hydrogen-bond donors (Lipinski definition) is 3. The van der Waals surface area contributed by atoms with Gasteiger partial charge in [0, 0.05) is 20.3 Å². The van der Waals surface area contributed by atoms with Gasteiger partial charge in [-0.1, -0.05) is 38.4 Å². The number of rotatable bonds is 8. The molecule has 148 valence electrons. The molecule has 28 heavy (non-hydrogen) atoms. The number of aryl methyl sites for hydroxylation is 1. The SMILES string of the molecule is C=C(CC(=O)Nc1ccc(Br)cc1)NNC(=O)COc1cc(C)c(Br)cc1Br. The Morgan fingerprint density at radius 1 is 1.00 bits per heavy atom. The molecule has 0 fully saturated rings. The van der Waals surface area contributed by atoms with E-state index in [-0.39, 0.29) is 18.9 Å². The molecule has 0 bridgehead atoms. The lowest BCUT2D eigenvalue weighted by Crippen LogP contribution is -2.40. The van der Waals surface area contributed by atoms with Crippen LogP contribution in [0.25, 0.3) is 0 Å². The molecule has 0 spiro atoms. The predicted molar refractivity (Wildman–Crippen MR) is 120 cm³/mol. The summed E-state index contributed by atoms with van der Waals surface area (Å²) in [5.74, 6) is -0.0925. The van der Waals surface area contributed by atoms with Gasteiger partial charge in [-0.2, -0.15) is 0 Å². The van der Waals surface area contributed by atoms with Gasteiger partial charge < -0.3 is 15.5 Å². The lowest BCUT2D eigenvalue weighted by atomic mass is 10.2. The molecule has 0 saturated carbocycles. The van der Waals surface area contributed by atoms with Crippen molar-refractivity contribution in [3.8, 4) is 5.75 Å². The number of carbonyl (C=O) groups excluding carboxylic acids is 2. The Morgan fingerprint density at radius 2 is 1.68 bits per heavy atom. The molecule has 0 aromatic heterocycles. The highest BCUT2D eigenvalue weighted by molar-refractivity contribution is 9.11. The second-order valence-electron chi connectivity index (χ2n) is 5.83. The first-order valence-electron chi connectivity index (χ1n) is 8.11. The number of halogens is 3. The van der Waals surface area contributed by atoms with Crippen LogP contribution in [0.1, 0.15) is 12.0 Å². The summed E-state index contributed by atoms with van der Waals surface area (Å²) in [4.78, 5) is 23.9. The van der Waals surface area contributed by atoms with Crippen LogP contribution in [-0.4, -0.2) is 18.4 Å². The van der Waals surface area contributed by atoms with Crippen LogP contribution in [0.3, 0.4) is 0 Å². The van der Waals surface area contributed by atoms with E-state index in [2.05, 4.69) is 70.5 Å². The second kappa shape index (κ2) is 10.6. The Labute approximate surface area is 188 Å². The maximum absolute atomic E-state index is 12.0. The highest BCUT2D eigenvalue weighted by Gasteiger charge is 2.09. The van der Waals surface area contributed by atoms with Crippen molar-refractivity contribution >= 4 is 65.3 Å². The molecular formula is C19H18Br3N3O3. The molecule has 0 atom stereocenters. The minimum atomic E-state index is -0.401. The van der Waals surface area contributed by atoms with E-state index in [1.165, 1.54) is 0 Å². The Bertz CT molecular complexity index is 886. The summed E-state index contributed by atoms with van der Waals surface area (Å²) in [5.41, 5.74) is 7.08. The summed E-state index contributed by atoms with van der Waals surface area (Å²) in [6, 6.07) is 10.9. The van der Waals surface area contributed by atoms with Crippen LogP contribution in [0.5, 0.6) is 5.75 Å². The van der Waals surface area contributed by atoms with Crippen LogP contribution < -0.4 is 20.9 Å². The molecule has 0 heterocycles. The van der Waals surface area contributed by atoms with Crippen molar-refractivity contribution < 1.29 is 14.3 Å². The molecule has 2 aromatic rings. The summed E-state index contributed by atoms with van der Waals surface area (Å²) in [6.07, 6.45) is 0.00859. The fraction of sp³-hybridized carbons (Fsp3) is 0.158. The van der Waals surface area contributed by atoms with Gasteiger partial charge in [0.05, 0.1) is 10.9 Å². The zero-order valence-corrected chi connectivity index (χ0v) is 19.7. The predicted octanol–water partition coefficient (Wildman–Crippen LogP) is 4.82. The maximum Gasteiger partial charge on any atom is 0.276 e. The average Bonchev–Trinajstić information content (AvgIpc) is 2.63. The molecule has 0 radical (unpaired) electrons. The minimum Gasteiger partial charge on any atom is -0.483 e. The minimum absolute atomic E-state index is 0.00859. The molecule has 2 amide bonds. The van der Waals surface area contributed by atoms with Crippen LogP contribution in [0.15, 0.2) is 62.1 Å². The van der Waals surface area contributed by atoms with Crippen molar-refractivity contribution in [3.63, 3.8) is 0 Å². The molecule has 0 unspecified atom stereocenters. The van der Waals surface area contributed by atoms with E-state index in [9.17, 15) is 9.59 Å². The number of anilines is 1.